The minimum atomic E-state index is -4.75. The summed E-state index contributed by atoms with van der Waals surface area (Å²) in [5.41, 5.74) is 2.18. The van der Waals surface area contributed by atoms with E-state index in [9.17, 15) is 38.4 Å². The van der Waals surface area contributed by atoms with Crippen LogP contribution in [0.3, 0.4) is 0 Å². The predicted octanol–water partition coefficient (Wildman–Crippen LogP) is 12.3. The van der Waals surface area contributed by atoms with Crippen molar-refractivity contribution in [2.24, 2.45) is 11.8 Å². The number of carbonyl (C=O) groups is 8. The monoisotopic (exact) mass is 1580 g/mol. The Kier molecular flexibility index (Phi) is 35.4. The lowest BCUT2D eigenvalue weighted by atomic mass is 9.81. The number of unbranched alkanes of at least 4 members (excludes halogenated alkanes) is 1. The summed E-state index contributed by atoms with van der Waals surface area (Å²) in [6, 6.07) is 24.6. The Balaban J connectivity index is 1.02. The molecular formula is C88H128F3N9O13. The molecule has 0 aromatic heterocycles. The van der Waals surface area contributed by atoms with Gasteiger partial charge in [-0.3, -0.25) is 62.9 Å². The fourth-order valence-electron chi connectivity index (χ4n) is 14.3. The van der Waals surface area contributed by atoms with Crippen molar-refractivity contribution in [3.05, 3.63) is 124 Å². The van der Waals surface area contributed by atoms with E-state index >= 15 is 13.2 Å². The first-order valence-electron chi connectivity index (χ1n) is 40.6. The molecule has 0 unspecified atom stereocenters. The predicted molar refractivity (Wildman–Crippen MR) is 434 cm³/mol. The van der Waals surface area contributed by atoms with E-state index in [-0.39, 0.29) is 105 Å². The Morgan fingerprint density at radius 1 is 0.540 bits per heavy atom. The summed E-state index contributed by atoms with van der Waals surface area (Å²) in [6.07, 6.45) is 5.76. The average molecular weight is 1580 g/mol. The number of nitrogens with zero attached hydrogens (tertiary/aromatic N) is 5. The van der Waals surface area contributed by atoms with Gasteiger partial charge in [-0.2, -0.15) is 13.2 Å². The number of alkyl halides is 3. The van der Waals surface area contributed by atoms with Gasteiger partial charge < -0.3 is 45.0 Å². The van der Waals surface area contributed by atoms with Crippen LogP contribution in [0.2, 0.25) is 0 Å². The van der Waals surface area contributed by atoms with Crippen molar-refractivity contribution >= 4 is 59.7 Å². The minimum absolute atomic E-state index is 0.00996. The highest BCUT2D eigenvalue weighted by Gasteiger charge is 2.38. The zero-order chi connectivity index (χ0) is 82.7. The van der Waals surface area contributed by atoms with E-state index in [0.29, 0.717) is 123 Å². The molecule has 624 valence electrons. The normalized spacial score (nSPS) is 18.2. The summed E-state index contributed by atoms with van der Waals surface area (Å²) in [5, 5.41) is 12.2. The number of piperidine rings is 1. The smallest absolute Gasteiger partial charge is 0.417 e. The van der Waals surface area contributed by atoms with Crippen LogP contribution in [-0.4, -0.2) is 218 Å². The van der Waals surface area contributed by atoms with E-state index < -0.39 is 76.0 Å². The molecule has 113 heavy (non-hydrogen) atoms. The number of halogens is 3. The summed E-state index contributed by atoms with van der Waals surface area (Å²) in [6.45, 7) is 29.0. The molecule has 0 spiro atoms. The lowest BCUT2D eigenvalue weighted by Crippen LogP contribution is -2.53. The topological polar surface area (TPSA) is 247 Å². The van der Waals surface area contributed by atoms with E-state index in [0.717, 1.165) is 53.1 Å². The molecule has 2 heterocycles. The van der Waals surface area contributed by atoms with Gasteiger partial charge in [0, 0.05) is 89.9 Å². The van der Waals surface area contributed by atoms with Crippen LogP contribution < -0.4 is 26.0 Å². The van der Waals surface area contributed by atoms with Crippen molar-refractivity contribution in [3.8, 4) is 16.9 Å². The lowest BCUT2D eigenvalue weighted by molar-refractivity contribution is -0.163. The number of carbonyl (C=O) groups excluding carboxylic acids is 8. The molecule has 4 aromatic carbocycles. The van der Waals surface area contributed by atoms with Crippen molar-refractivity contribution in [1.82, 2.24) is 45.8 Å². The van der Waals surface area contributed by atoms with Crippen LogP contribution in [0.25, 0.3) is 23.3 Å². The molecule has 0 radical (unpaired) electrons. The fourth-order valence-corrected chi connectivity index (χ4v) is 14.3. The molecular weight excluding hydrogens is 1450 g/mol. The molecule has 2 aliphatic heterocycles. The highest BCUT2D eigenvalue weighted by atomic mass is 19.4. The first kappa shape index (κ1) is 91.9. The molecule has 25 heteroatoms. The minimum Gasteiger partial charge on any atom is -0.491 e. The number of nitrogens with one attached hydrogen (secondary N) is 4. The van der Waals surface area contributed by atoms with E-state index in [1.807, 2.05) is 86.9 Å². The van der Waals surface area contributed by atoms with Crippen LogP contribution in [0.5, 0.6) is 5.75 Å². The molecule has 1 saturated carbocycles. The molecule has 2 atom stereocenters. The Morgan fingerprint density at radius 2 is 1.09 bits per heavy atom. The summed E-state index contributed by atoms with van der Waals surface area (Å²) < 4.78 is 75.4. The molecule has 4 aromatic rings. The van der Waals surface area contributed by atoms with E-state index in [4.69, 9.17) is 23.7 Å². The number of likely N-dealkylation sites (tertiary alicyclic amines) is 1. The molecule has 7 rings (SSSR count). The van der Waals surface area contributed by atoms with Crippen molar-refractivity contribution in [1.29, 1.82) is 0 Å². The van der Waals surface area contributed by atoms with Crippen molar-refractivity contribution in [3.63, 3.8) is 0 Å². The molecule has 22 nitrogen and oxygen atoms in total. The fraction of sp³-hybridized carbons (Fsp3) is 0.614. The van der Waals surface area contributed by atoms with Crippen LogP contribution in [0.4, 0.5) is 13.2 Å². The molecule has 3 aliphatic rings. The number of hydrogen-bond donors (Lipinski definition) is 4. The van der Waals surface area contributed by atoms with E-state index in [1.54, 1.807) is 89.2 Å². The Hall–Kier alpha value is -8.23. The molecule has 2 saturated heterocycles. The van der Waals surface area contributed by atoms with Gasteiger partial charge in [0.2, 0.25) is 23.6 Å². The summed E-state index contributed by atoms with van der Waals surface area (Å²) in [5.74, 6) is -2.94. The Bertz CT molecular complexity index is 3740. The number of ether oxygens (including phenoxy) is 5. The first-order valence-corrected chi connectivity index (χ1v) is 40.6. The lowest BCUT2D eigenvalue weighted by Gasteiger charge is -2.36. The van der Waals surface area contributed by atoms with Crippen LogP contribution in [0.15, 0.2) is 84.9 Å². The van der Waals surface area contributed by atoms with Crippen molar-refractivity contribution in [2.45, 2.75) is 228 Å². The maximum absolute atomic E-state index is 15.3. The third-order valence-electron chi connectivity index (χ3n) is 20.0. The van der Waals surface area contributed by atoms with E-state index in [2.05, 4.69) is 45.5 Å². The molecule has 0 bridgehead atoms. The van der Waals surface area contributed by atoms with Gasteiger partial charge in [-0.1, -0.05) is 96.9 Å². The third kappa shape index (κ3) is 34.0. The standard InChI is InChI=1S/C88H128F3N9O13/c1-62-32-34-64(35-33-62)24-22-31-76(101)92-42-20-18-29-73(95-77(102)58-96-45-47-97(59-78(103)110-84(3,4)5)49-51-99(61-80(105)112-86(9,10)11)52-50-98(48-46-96)60-79(104)111-85(6,7)8)82(107)94-56-65-36-38-68(39-37-65)81(106)93-43-53-109-75-55-69(41-40-66-27-23-28-71(63(66)2)67-25-16-15-17-26-67)72(88(89,90)91)54-70(75)57-100-44-21-19-30-74(100)83(108)113-87(12,13)14/h15-17,23,25-28,32-35,40-41,54-55,65,68,73-74H,18-22,24,29-31,36-39,42-53,56-61H2,1-14H3,(H,92,101)(H,93,106)(H,94,107)(H,95,102)/b41-40+/t65?,68?,73-,74-/m0/s1. The van der Waals surface area contributed by atoms with Gasteiger partial charge in [0.25, 0.3) is 0 Å². The van der Waals surface area contributed by atoms with Gasteiger partial charge in [0.05, 0.1) is 38.3 Å². The number of hydrogen-bond acceptors (Lipinski definition) is 18. The number of esters is 4. The van der Waals surface area contributed by atoms with Crippen LogP contribution in [-0.2, 0) is 76.4 Å². The van der Waals surface area contributed by atoms with Crippen molar-refractivity contribution < 1.29 is 75.2 Å². The van der Waals surface area contributed by atoms with Gasteiger partial charge in [-0.05, 0) is 226 Å². The maximum Gasteiger partial charge on any atom is 0.417 e. The van der Waals surface area contributed by atoms with Crippen LogP contribution in [0, 0.1) is 25.7 Å². The highest BCUT2D eigenvalue weighted by Crippen LogP contribution is 2.39. The molecule has 4 N–H and O–H groups in total. The maximum atomic E-state index is 15.3. The van der Waals surface area contributed by atoms with Crippen LogP contribution in [0.1, 0.15) is 199 Å². The summed E-state index contributed by atoms with van der Waals surface area (Å²) in [4.78, 5) is 119. The SMILES string of the molecule is Cc1ccc(CCCC(=O)NCCCC[C@H](NC(=O)CN2CCN(CC(=O)OC(C)(C)C)CCN(CC(=O)OC(C)(C)C)CCN(CC(=O)OC(C)(C)C)CC2)C(=O)NCC2CCC(C(=O)NCCOc3cc(/C=C/c4cccc(-c5ccccc5)c4C)c(C(F)(F)F)cc3CN3CCCC[C@H]3C(=O)OC(C)(C)C)CC2)cc1. The number of rotatable bonds is 32. The van der Waals surface area contributed by atoms with Crippen LogP contribution >= 0.6 is 0 Å². The zero-order valence-electron chi connectivity index (χ0n) is 69.6. The van der Waals surface area contributed by atoms with E-state index in [1.165, 1.54) is 17.7 Å². The average Bonchev–Trinajstić information content (AvgIpc) is 0.789. The second-order valence-corrected chi connectivity index (χ2v) is 34.6. The second-order valence-electron chi connectivity index (χ2n) is 34.6. The summed E-state index contributed by atoms with van der Waals surface area (Å²) in [7, 11) is 0. The molecule has 4 amide bonds. The summed E-state index contributed by atoms with van der Waals surface area (Å²) >= 11 is 0. The Morgan fingerprint density at radius 3 is 1.64 bits per heavy atom. The first-order chi connectivity index (χ1) is 53.2. The quantitative estimate of drug-likeness (QED) is 0.0154. The van der Waals surface area contributed by atoms with Gasteiger partial charge >= 0.3 is 30.1 Å². The third-order valence-corrected chi connectivity index (χ3v) is 20.0. The molecule has 3 fully saturated rings. The van der Waals surface area contributed by atoms with Gasteiger partial charge in [-0.15, -0.1) is 0 Å². The molecule has 1 aliphatic carbocycles. The van der Waals surface area contributed by atoms with Crippen molar-refractivity contribution in [2.75, 3.05) is 111 Å². The number of aryl methyl sites for hydroxylation is 2. The highest BCUT2D eigenvalue weighted by molar-refractivity contribution is 5.88. The number of amides is 4. The number of benzene rings is 4. The largest absolute Gasteiger partial charge is 0.491 e. The zero-order valence-corrected chi connectivity index (χ0v) is 69.6. The second kappa shape index (κ2) is 43.5. The van der Waals surface area contributed by atoms with Gasteiger partial charge in [-0.25, -0.2) is 0 Å². The van der Waals surface area contributed by atoms with Gasteiger partial charge in [0.1, 0.15) is 46.8 Å². The Labute approximate surface area is 669 Å². The van der Waals surface area contributed by atoms with Gasteiger partial charge in [0.15, 0.2) is 0 Å².